The molecule has 2 N–H and O–H groups in total. The Hall–Kier alpha value is -2.14. The van der Waals surface area contributed by atoms with Gasteiger partial charge in [0.25, 0.3) is 5.91 Å². The number of carbonyl (C=O) groups excluding carboxylic acids is 1. The van der Waals surface area contributed by atoms with E-state index in [-0.39, 0.29) is 5.91 Å². The SMILES string of the molecule is Cc1c(-c2ccccc2)n[nH]c1C(=O)NCCC1CCOC1. The van der Waals surface area contributed by atoms with Crippen LogP contribution in [-0.4, -0.2) is 35.9 Å². The summed E-state index contributed by atoms with van der Waals surface area (Å²) in [6.45, 7) is 4.26. The smallest absolute Gasteiger partial charge is 0.269 e. The van der Waals surface area contributed by atoms with E-state index in [1.165, 1.54) is 0 Å². The number of aromatic nitrogens is 2. The first-order chi connectivity index (χ1) is 10.8. The first-order valence-electron chi connectivity index (χ1n) is 7.72. The van der Waals surface area contributed by atoms with Crippen molar-refractivity contribution in [3.8, 4) is 11.3 Å². The van der Waals surface area contributed by atoms with Gasteiger partial charge in [-0.1, -0.05) is 30.3 Å². The molecule has 0 radical (unpaired) electrons. The molecule has 0 spiro atoms. The van der Waals surface area contributed by atoms with Gasteiger partial charge in [-0.3, -0.25) is 9.89 Å². The Balaban J connectivity index is 1.62. The van der Waals surface area contributed by atoms with Crippen LogP contribution in [0.5, 0.6) is 0 Å². The summed E-state index contributed by atoms with van der Waals surface area (Å²) in [6.07, 6.45) is 2.06. The summed E-state index contributed by atoms with van der Waals surface area (Å²) in [6, 6.07) is 9.88. The van der Waals surface area contributed by atoms with Gasteiger partial charge in [-0.2, -0.15) is 5.10 Å². The molecular formula is C17H21N3O2. The minimum absolute atomic E-state index is 0.0916. The minimum Gasteiger partial charge on any atom is -0.381 e. The van der Waals surface area contributed by atoms with E-state index in [1.54, 1.807) is 0 Å². The third kappa shape index (κ3) is 3.20. The van der Waals surface area contributed by atoms with Crippen molar-refractivity contribution in [3.05, 3.63) is 41.6 Å². The molecule has 3 rings (SSSR count). The fraction of sp³-hybridized carbons (Fsp3) is 0.412. The van der Waals surface area contributed by atoms with E-state index in [2.05, 4.69) is 15.5 Å². The highest BCUT2D eigenvalue weighted by Crippen LogP contribution is 2.22. The van der Waals surface area contributed by atoms with Gasteiger partial charge in [-0.05, 0) is 25.7 Å². The van der Waals surface area contributed by atoms with E-state index in [4.69, 9.17) is 4.74 Å². The third-order valence-corrected chi connectivity index (χ3v) is 4.15. The molecule has 116 valence electrons. The number of benzene rings is 1. The molecule has 1 unspecified atom stereocenters. The van der Waals surface area contributed by atoms with Crippen molar-refractivity contribution in [2.45, 2.75) is 19.8 Å². The number of aromatic amines is 1. The maximum atomic E-state index is 12.3. The predicted octanol–water partition coefficient (Wildman–Crippen LogP) is 2.54. The number of hydrogen-bond acceptors (Lipinski definition) is 3. The fourth-order valence-corrected chi connectivity index (χ4v) is 2.79. The topological polar surface area (TPSA) is 67.0 Å². The fourth-order valence-electron chi connectivity index (χ4n) is 2.79. The van der Waals surface area contributed by atoms with Gasteiger partial charge in [0.15, 0.2) is 0 Å². The second-order valence-electron chi connectivity index (χ2n) is 5.71. The zero-order chi connectivity index (χ0) is 15.4. The lowest BCUT2D eigenvalue weighted by Gasteiger charge is -2.08. The molecule has 1 amide bonds. The number of rotatable bonds is 5. The molecule has 1 aliphatic rings. The summed E-state index contributed by atoms with van der Waals surface area (Å²) in [7, 11) is 0. The van der Waals surface area contributed by atoms with Crippen LogP contribution in [0.1, 0.15) is 28.9 Å². The quantitative estimate of drug-likeness (QED) is 0.891. The van der Waals surface area contributed by atoms with E-state index in [0.29, 0.717) is 18.2 Å². The Morgan fingerprint density at radius 1 is 1.41 bits per heavy atom. The Morgan fingerprint density at radius 3 is 2.95 bits per heavy atom. The van der Waals surface area contributed by atoms with E-state index in [9.17, 15) is 4.79 Å². The lowest BCUT2D eigenvalue weighted by molar-refractivity contribution is 0.0945. The average Bonchev–Trinajstić information content (AvgIpc) is 3.18. The van der Waals surface area contributed by atoms with Gasteiger partial charge < -0.3 is 10.1 Å². The number of nitrogens with one attached hydrogen (secondary N) is 2. The first-order valence-corrected chi connectivity index (χ1v) is 7.72. The van der Waals surface area contributed by atoms with Crippen molar-refractivity contribution < 1.29 is 9.53 Å². The van der Waals surface area contributed by atoms with Crippen LogP contribution in [0.2, 0.25) is 0 Å². The molecule has 5 heteroatoms. The molecule has 1 aromatic heterocycles. The molecule has 0 bridgehead atoms. The molecular weight excluding hydrogens is 278 g/mol. The van der Waals surface area contributed by atoms with Crippen molar-refractivity contribution in [2.75, 3.05) is 19.8 Å². The monoisotopic (exact) mass is 299 g/mol. The molecule has 2 aromatic rings. The van der Waals surface area contributed by atoms with Crippen LogP contribution in [0.15, 0.2) is 30.3 Å². The third-order valence-electron chi connectivity index (χ3n) is 4.15. The van der Waals surface area contributed by atoms with E-state index < -0.39 is 0 Å². The van der Waals surface area contributed by atoms with Gasteiger partial charge in [0, 0.05) is 30.9 Å². The highest BCUT2D eigenvalue weighted by Gasteiger charge is 2.18. The van der Waals surface area contributed by atoms with Crippen LogP contribution in [0.3, 0.4) is 0 Å². The lowest BCUT2D eigenvalue weighted by atomic mass is 10.1. The van der Waals surface area contributed by atoms with Crippen molar-refractivity contribution in [3.63, 3.8) is 0 Å². The Kier molecular flexibility index (Phi) is 4.53. The number of hydrogen-bond donors (Lipinski definition) is 2. The molecule has 1 atom stereocenters. The standard InChI is InChI=1S/C17H21N3O2/c1-12-15(14-5-3-2-4-6-14)19-20-16(12)17(21)18-9-7-13-8-10-22-11-13/h2-6,13H,7-11H2,1H3,(H,18,21)(H,19,20). The molecule has 22 heavy (non-hydrogen) atoms. The zero-order valence-electron chi connectivity index (χ0n) is 12.8. The maximum absolute atomic E-state index is 12.3. The number of nitrogens with zero attached hydrogens (tertiary/aromatic N) is 1. The Bertz CT molecular complexity index is 631. The summed E-state index contributed by atoms with van der Waals surface area (Å²) in [5.41, 5.74) is 3.27. The van der Waals surface area contributed by atoms with Crippen molar-refractivity contribution in [1.82, 2.24) is 15.5 Å². The van der Waals surface area contributed by atoms with Crippen molar-refractivity contribution in [2.24, 2.45) is 5.92 Å². The summed E-state index contributed by atoms with van der Waals surface area (Å²) in [5, 5.41) is 10.1. The molecule has 5 nitrogen and oxygen atoms in total. The molecule has 0 aliphatic carbocycles. The Morgan fingerprint density at radius 2 is 2.23 bits per heavy atom. The summed E-state index contributed by atoms with van der Waals surface area (Å²) < 4.78 is 5.34. The molecule has 2 heterocycles. The summed E-state index contributed by atoms with van der Waals surface area (Å²) >= 11 is 0. The van der Waals surface area contributed by atoms with Crippen LogP contribution in [-0.2, 0) is 4.74 Å². The molecule has 1 saturated heterocycles. The highest BCUT2D eigenvalue weighted by molar-refractivity contribution is 5.95. The lowest BCUT2D eigenvalue weighted by Crippen LogP contribution is -2.27. The molecule has 0 saturated carbocycles. The number of carbonyl (C=O) groups is 1. The van der Waals surface area contributed by atoms with Gasteiger partial charge in [-0.25, -0.2) is 0 Å². The largest absolute Gasteiger partial charge is 0.381 e. The second kappa shape index (κ2) is 6.75. The normalized spacial score (nSPS) is 17.6. The number of H-pyrrole nitrogens is 1. The predicted molar refractivity (Wildman–Crippen MR) is 84.6 cm³/mol. The van der Waals surface area contributed by atoms with Crippen LogP contribution < -0.4 is 5.32 Å². The molecule has 1 aromatic carbocycles. The first kappa shape index (κ1) is 14.8. The van der Waals surface area contributed by atoms with Crippen LogP contribution >= 0.6 is 0 Å². The van der Waals surface area contributed by atoms with Gasteiger partial charge in [0.2, 0.25) is 0 Å². The minimum atomic E-state index is -0.0916. The van der Waals surface area contributed by atoms with E-state index in [1.807, 2.05) is 37.3 Å². The molecule has 1 fully saturated rings. The zero-order valence-corrected chi connectivity index (χ0v) is 12.8. The van der Waals surface area contributed by atoms with E-state index >= 15 is 0 Å². The van der Waals surface area contributed by atoms with Crippen LogP contribution in [0.25, 0.3) is 11.3 Å². The maximum Gasteiger partial charge on any atom is 0.269 e. The summed E-state index contributed by atoms with van der Waals surface area (Å²) in [5.74, 6) is 0.481. The van der Waals surface area contributed by atoms with Gasteiger partial charge in [-0.15, -0.1) is 0 Å². The average molecular weight is 299 g/mol. The molecule has 1 aliphatic heterocycles. The van der Waals surface area contributed by atoms with Gasteiger partial charge in [0.05, 0.1) is 5.69 Å². The van der Waals surface area contributed by atoms with Gasteiger partial charge >= 0.3 is 0 Å². The number of amides is 1. The van der Waals surface area contributed by atoms with E-state index in [0.717, 1.165) is 42.9 Å². The summed E-state index contributed by atoms with van der Waals surface area (Å²) in [4.78, 5) is 12.3. The Labute approximate surface area is 130 Å². The van der Waals surface area contributed by atoms with Crippen molar-refractivity contribution in [1.29, 1.82) is 0 Å². The number of ether oxygens (including phenoxy) is 1. The second-order valence-corrected chi connectivity index (χ2v) is 5.71. The van der Waals surface area contributed by atoms with Crippen molar-refractivity contribution >= 4 is 5.91 Å². The van der Waals surface area contributed by atoms with Crippen LogP contribution in [0.4, 0.5) is 0 Å². The van der Waals surface area contributed by atoms with Crippen LogP contribution in [0, 0.1) is 12.8 Å². The van der Waals surface area contributed by atoms with Gasteiger partial charge in [0.1, 0.15) is 5.69 Å². The highest BCUT2D eigenvalue weighted by atomic mass is 16.5.